The lowest BCUT2D eigenvalue weighted by Crippen LogP contribution is -2.45. The van der Waals surface area contributed by atoms with Crippen molar-refractivity contribution < 1.29 is 17.9 Å². The van der Waals surface area contributed by atoms with E-state index in [1.54, 1.807) is 31.2 Å². The smallest absolute Gasteiger partial charge is 0.242 e. The van der Waals surface area contributed by atoms with Crippen LogP contribution in [0.4, 0.5) is 5.69 Å². The highest BCUT2D eigenvalue weighted by molar-refractivity contribution is 7.89. The van der Waals surface area contributed by atoms with E-state index in [0.29, 0.717) is 22.0 Å². The minimum atomic E-state index is -3.98. The van der Waals surface area contributed by atoms with Gasteiger partial charge in [-0.3, -0.25) is 4.79 Å². The van der Waals surface area contributed by atoms with Gasteiger partial charge in [-0.1, -0.05) is 48.0 Å². The van der Waals surface area contributed by atoms with Crippen molar-refractivity contribution in [3.63, 3.8) is 0 Å². The molecular weight excluding hydrogens is 448 g/mol. The van der Waals surface area contributed by atoms with E-state index in [1.165, 1.54) is 19.2 Å². The SMILES string of the molecule is COc1ccc(S(=O)(=O)NC(Cc2ccccc2)C(=O)Nc2cc(Cl)ccc2C)cc1C. The second kappa shape index (κ2) is 10.2. The van der Waals surface area contributed by atoms with Crippen LogP contribution in [-0.2, 0) is 21.2 Å². The minimum absolute atomic E-state index is 0.0561. The number of sulfonamides is 1. The average Bonchev–Trinajstić information content (AvgIpc) is 2.76. The summed E-state index contributed by atoms with van der Waals surface area (Å²) in [5.74, 6) is 0.104. The molecule has 0 aliphatic rings. The standard InChI is InChI=1S/C24H25ClN2O4S/c1-16-9-10-19(25)15-21(16)26-24(28)22(14-18-7-5-4-6-8-18)27-32(29,30)20-11-12-23(31-3)17(2)13-20/h4-13,15,22,27H,14H2,1-3H3,(H,26,28). The highest BCUT2D eigenvalue weighted by Crippen LogP contribution is 2.23. The third-order valence-corrected chi connectivity index (χ3v) is 6.74. The Morgan fingerprint density at radius 2 is 1.72 bits per heavy atom. The van der Waals surface area contributed by atoms with Crippen LogP contribution in [0, 0.1) is 13.8 Å². The highest BCUT2D eigenvalue weighted by Gasteiger charge is 2.27. The normalized spacial score (nSPS) is 12.2. The molecule has 0 radical (unpaired) electrons. The Bertz CT molecular complexity index is 1210. The number of nitrogens with one attached hydrogen (secondary N) is 2. The van der Waals surface area contributed by atoms with Crippen molar-refractivity contribution in [3.8, 4) is 5.75 Å². The quantitative estimate of drug-likeness (QED) is 0.505. The molecule has 1 amide bonds. The Morgan fingerprint density at radius 3 is 2.38 bits per heavy atom. The molecule has 2 N–H and O–H groups in total. The summed E-state index contributed by atoms with van der Waals surface area (Å²) in [6.07, 6.45) is 0.181. The van der Waals surface area contributed by atoms with Gasteiger partial charge in [0.1, 0.15) is 11.8 Å². The average molecular weight is 473 g/mol. The fourth-order valence-electron chi connectivity index (χ4n) is 3.26. The molecule has 8 heteroatoms. The van der Waals surface area contributed by atoms with Crippen LogP contribution in [0.1, 0.15) is 16.7 Å². The molecule has 0 spiro atoms. The number of aryl methyl sites for hydroxylation is 2. The lowest BCUT2D eigenvalue weighted by atomic mass is 10.1. The fourth-order valence-corrected chi connectivity index (χ4v) is 4.71. The molecule has 0 saturated heterocycles. The maximum Gasteiger partial charge on any atom is 0.242 e. The molecule has 0 fully saturated rings. The minimum Gasteiger partial charge on any atom is -0.496 e. The molecule has 168 valence electrons. The van der Waals surface area contributed by atoms with Gasteiger partial charge in [-0.05, 0) is 67.3 Å². The summed E-state index contributed by atoms with van der Waals surface area (Å²) in [6.45, 7) is 3.59. The molecule has 3 aromatic carbocycles. The monoisotopic (exact) mass is 472 g/mol. The van der Waals surface area contributed by atoms with Crippen LogP contribution < -0.4 is 14.8 Å². The van der Waals surface area contributed by atoms with Crippen LogP contribution in [0.5, 0.6) is 5.75 Å². The van der Waals surface area contributed by atoms with Crippen LogP contribution in [0.3, 0.4) is 0 Å². The predicted octanol–water partition coefficient (Wildman–Crippen LogP) is 4.49. The van der Waals surface area contributed by atoms with Gasteiger partial charge in [0.2, 0.25) is 15.9 Å². The van der Waals surface area contributed by atoms with Gasteiger partial charge < -0.3 is 10.1 Å². The first-order valence-electron chi connectivity index (χ1n) is 9.97. The second-order valence-electron chi connectivity index (χ2n) is 7.44. The number of hydrogen-bond donors (Lipinski definition) is 2. The van der Waals surface area contributed by atoms with Crippen molar-refractivity contribution in [2.24, 2.45) is 0 Å². The highest BCUT2D eigenvalue weighted by atomic mass is 35.5. The number of carbonyl (C=O) groups excluding carboxylic acids is 1. The van der Waals surface area contributed by atoms with E-state index in [2.05, 4.69) is 10.0 Å². The number of rotatable bonds is 8. The summed E-state index contributed by atoms with van der Waals surface area (Å²) in [6, 6.07) is 17.9. The van der Waals surface area contributed by atoms with Crippen molar-refractivity contribution >= 4 is 33.2 Å². The van der Waals surface area contributed by atoms with E-state index in [-0.39, 0.29) is 11.3 Å². The summed E-state index contributed by atoms with van der Waals surface area (Å²) >= 11 is 6.06. The Balaban J connectivity index is 1.90. The molecule has 0 aromatic heterocycles. The van der Waals surface area contributed by atoms with Crippen molar-refractivity contribution in [3.05, 3.63) is 88.4 Å². The fraction of sp³-hybridized carbons (Fsp3) is 0.208. The van der Waals surface area contributed by atoms with E-state index in [9.17, 15) is 13.2 Å². The van der Waals surface area contributed by atoms with Gasteiger partial charge in [-0.2, -0.15) is 4.72 Å². The van der Waals surface area contributed by atoms with Crippen LogP contribution in [0.15, 0.2) is 71.6 Å². The Morgan fingerprint density at radius 1 is 1.00 bits per heavy atom. The Hall–Kier alpha value is -2.87. The van der Waals surface area contributed by atoms with Crippen LogP contribution >= 0.6 is 11.6 Å². The zero-order valence-corrected chi connectivity index (χ0v) is 19.6. The Kier molecular flexibility index (Phi) is 7.56. The number of carbonyl (C=O) groups is 1. The van der Waals surface area contributed by atoms with Crippen LogP contribution in [0.25, 0.3) is 0 Å². The molecule has 1 unspecified atom stereocenters. The first-order chi connectivity index (χ1) is 15.2. The number of benzene rings is 3. The zero-order valence-electron chi connectivity index (χ0n) is 18.1. The van der Waals surface area contributed by atoms with E-state index in [4.69, 9.17) is 16.3 Å². The number of halogens is 1. The van der Waals surface area contributed by atoms with Crippen molar-refractivity contribution in [1.82, 2.24) is 4.72 Å². The molecule has 0 aliphatic carbocycles. The maximum absolute atomic E-state index is 13.2. The number of amides is 1. The van der Waals surface area contributed by atoms with Crippen LogP contribution in [-0.4, -0.2) is 27.5 Å². The summed E-state index contributed by atoms with van der Waals surface area (Å²) in [7, 11) is -2.45. The van der Waals surface area contributed by atoms with Gasteiger partial charge in [-0.15, -0.1) is 0 Å². The lowest BCUT2D eigenvalue weighted by molar-refractivity contribution is -0.117. The van der Waals surface area contributed by atoms with E-state index < -0.39 is 22.0 Å². The molecule has 3 aromatic rings. The van der Waals surface area contributed by atoms with E-state index in [0.717, 1.165) is 11.1 Å². The Labute approximate surface area is 193 Å². The zero-order chi connectivity index (χ0) is 23.3. The summed E-state index contributed by atoms with van der Waals surface area (Å²) in [4.78, 5) is 13.2. The summed E-state index contributed by atoms with van der Waals surface area (Å²) < 4.78 is 34.0. The van der Waals surface area contributed by atoms with E-state index >= 15 is 0 Å². The van der Waals surface area contributed by atoms with Crippen LogP contribution in [0.2, 0.25) is 5.02 Å². The predicted molar refractivity (Wildman–Crippen MR) is 127 cm³/mol. The molecule has 6 nitrogen and oxygen atoms in total. The summed E-state index contributed by atoms with van der Waals surface area (Å²) in [5.41, 5.74) is 2.84. The molecule has 0 heterocycles. The molecule has 3 rings (SSSR count). The van der Waals surface area contributed by atoms with Gasteiger partial charge in [0.25, 0.3) is 0 Å². The van der Waals surface area contributed by atoms with Crippen molar-refractivity contribution in [1.29, 1.82) is 0 Å². The molecule has 1 atom stereocenters. The number of ether oxygens (including phenoxy) is 1. The largest absolute Gasteiger partial charge is 0.496 e. The van der Waals surface area contributed by atoms with Gasteiger partial charge in [0.05, 0.1) is 12.0 Å². The third kappa shape index (κ3) is 5.88. The topological polar surface area (TPSA) is 84.5 Å². The first-order valence-corrected chi connectivity index (χ1v) is 11.8. The van der Waals surface area contributed by atoms with Gasteiger partial charge in [-0.25, -0.2) is 8.42 Å². The molecule has 32 heavy (non-hydrogen) atoms. The van der Waals surface area contributed by atoms with Crippen molar-refractivity contribution in [2.45, 2.75) is 31.2 Å². The maximum atomic E-state index is 13.2. The third-order valence-electron chi connectivity index (χ3n) is 5.03. The van der Waals surface area contributed by atoms with Gasteiger partial charge >= 0.3 is 0 Å². The number of methoxy groups -OCH3 is 1. The molecular formula is C24H25ClN2O4S. The first kappa shape index (κ1) is 23.8. The van der Waals surface area contributed by atoms with Gasteiger partial charge in [0.15, 0.2) is 0 Å². The number of anilines is 1. The second-order valence-corrected chi connectivity index (χ2v) is 9.59. The number of hydrogen-bond acceptors (Lipinski definition) is 4. The molecule has 0 bridgehead atoms. The van der Waals surface area contributed by atoms with E-state index in [1.807, 2.05) is 37.3 Å². The van der Waals surface area contributed by atoms with Gasteiger partial charge in [0, 0.05) is 10.7 Å². The lowest BCUT2D eigenvalue weighted by Gasteiger charge is -2.20. The molecule has 0 aliphatic heterocycles. The van der Waals surface area contributed by atoms with Crippen molar-refractivity contribution in [2.75, 3.05) is 12.4 Å². The summed E-state index contributed by atoms with van der Waals surface area (Å²) in [5, 5.41) is 3.28. The molecule has 0 saturated carbocycles.